The molecule has 0 bridgehead atoms. The van der Waals surface area contributed by atoms with Gasteiger partial charge in [0.25, 0.3) is 0 Å². The minimum Gasteiger partial charge on any atom is -0.494 e. The summed E-state index contributed by atoms with van der Waals surface area (Å²) >= 11 is 0. The minimum atomic E-state index is 0.588. The molecule has 0 radical (unpaired) electrons. The molecule has 0 heterocycles. The van der Waals surface area contributed by atoms with Crippen LogP contribution < -0.4 is 15.0 Å². The van der Waals surface area contributed by atoms with Crippen LogP contribution in [0.4, 0.5) is 5.69 Å². The van der Waals surface area contributed by atoms with Crippen molar-refractivity contribution in [1.29, 1.82) is 0 Å². The van der Waals surface area contributed by atoms with Crippen LogP contribution in [0.5, 0.6) is 5.75 Å². The van der Waals surface area contributed by atoms with Crippen LogP contribution in [0.15, 0.2) is 24.3 Å². The van der Waals surface area contributed by atoms with Gasteiger partial charge in [-0.3, -0.25) is 0 Å². The molecule has 3 heteroatoms. The summed E-state index contributed by atoms with van der Waals surface area (Å²) in [4.78, 5) is 2.09. The molecular weight excluding hydrogens is 236 g/mol. The van der Waals surface area contributed by atoms with Crippen molar-refractivity contribution in [2.45, 2.75) is 39.2 Å². The van der Waals surface area contributed by atoms with Crippen molar-refractivity contribution in [2.24, 2.45) is 0 Å². The summed E-state index contributed by atoms with van der Waals surface area (Å²) in [6.45, 7) is 6.27. The Morgan fingerprint density at radius 1 is 1.16 bits per heavy atom. The molecule has 1 aromatic carbocycles. The van der Waals surface area contributed by atoms with Gasteiger partial charge in [-0.2, -0.15) is 0 Å². The second kappa shape index (κ2) is 8.81. The lowest BCUT2D eigenvalue weighted by Crippen LogP contribution is -2.23. The fraction of sp³-hybridized carbons (Fsp3) is 0.625. The zero-order chi connectivity index (χ0) is 14.1. The molecule has 1 rings (SSSR count). The molecule has 0 aliphatic heterocycles. The zero-order valence-corrected chi connectivity index (χ0v) is 12.8. The highest BCUT2D eigenvalue weighted by Gasteiger charge is 1.98. The lowest BCUT2D eigenvalue weighted by atomic mass is 10.2. The zero-order valence-electron chi connectivity index (χ0n) is 12.8. The first-order chi connectivity index (χ1) is 9.09. The van der Waals surface area contributed by atoms with E-state index < -0.39 is 0 Å². The number of rotatable bonds is 9. The molecule has 19 heavy (non-hydrogen) atoms. The van der Waals surface area contributed by atoms with E-state index in [0.717, 1.165) is 25.3 Å². The van der Waals surface area contributed by atoms with Crippen LogP contribution in [-0.4, -0.2) is 33.3 Å². The first-order valence-electron chi connectivity index (χ1n) is 7.23. The van der Waals surface area contributed by atoms with Crippen molar-refractivity contribution in [3.8, 4) is 5.75 Å². The molecule has 0 aliphatic rings. The van der Waals surface area contributed by atoms with Crippen LogP contribution in [-0.2, 0) is 0 Å². The highest BCUT2D eigenvalue weighted by atomic mass is 16.5. The Balaban J connectivity index is 2.14. The first-order valence-corrected chi connectivity index (χ1v) is 7.23. The van der Waals surface area contributed by atoms with E-state index in [4.69, 9.17) is 4.74 Å². The molecule has 0 saturated carbocycles. The van der Waals surface area contributed by atoms with E-state index in [1.807, 2.05) is 26.2 Å². The van der Waals surface area contributed by atoms with Gasteiger partial charge < -0.3 is 15.0 Å². The predicted molar refractivity (Wildman–Crippen MR) is 83.3 cm³/mol. The number of nitrogens with zero attached hydrogens (tertiary/aromatic N) is 1. The Labute approximate surface area is 118 Å². The van der Waals surface area contributed by atoms with Crippen molar-refractivity contribution in [3.63, 3.8) is 0 Å². The quantitative estimate of drug-likeness (QED) is 0.693. The van der Waals surface area contributed by atoms with Crippen molar-refractivity contribution in [3.05, 3.63) is 24.3 Å². The maximum Gasteiger partial charge on any atom is 0.121 e. The van der Waals surface area contributed by atoms with Crippen molar-refractivity contribution < 1.29 is 4.74 Å². The highest BCUT2D eigenvalue weighted by molar-refractivity contribution is 5.49. The maximum atomic E-state index is 5.78. The summed E-state index contributed by atoms with van der Waals surface area (Å²) in [5.41, 5.74) is 1.18. The molecule has 0 amide bonds. The lowest BCUT2D eigenvalue weighted by molar-refractivity contribution is 0.304. The van der Waals surface area contributed by atoms with Crippen LogP contribution in [0.3, 0.4) is 0 Å². The number of hydrogen-bond acceptors (Lipinski definition) is 3. The summed E-state index contributed by atoms with van der Waals surface area (Å²) in [5, 5.41) is 3.43. The fourth-order valence-electron chi connectivity index (χ4n) is 1.84. The fourth-order valence-corrected chi connectivity index (χ4v) is 1.84. The molecule has 0 spiro atoms. The van der Waals surface area contributed by atoms with Crippen LogP contribution >= 0.6 is 0 Å². The van der Waals surface area contributed by atoms with E-state index in [1.54, 1.807) is 0 Å². The SMILES string of the molecule is CC(C)NCCCCCOc1cccc(N(C)C)c1. The first kappa shape index (κ1) is 15.8. The maximum absolute atomic E-state index is 5.78. The normalized spacial score (nSPS) is 10.8. The third-order valence-corrected chi connectivity index (χ3v) is 2.98. The van der Waals surface area contributed by atoms with Crippen LogP contribution in [0.25, 0.3) is 0 Å². The van der Waals surface area contributed by atoms with Gasteiger partial charge in [-0.1, -0.05) is 19.9 Å². The Morgan fingerprint density at radius 2 is 1.95 bits per heavy atom. The van der Waals surface area contributed by atoms with Gasteiger partial charge in [0.2, 0.25) is 0 Å². The summed E-state index contributed by atoms with van der Waals surface area (Å²) in [5.74, 6) is 0.964. The summed E-state index contributed by atoms with van der Waals surface area (Å²) in [7, 11) is 4.08. The second-order valence-electron chi connectivity index (χ2n) is 5.41. The average Bonchev–Trinajstić information content (AvgIpc) is 2.37. The van der Waals surface area contributed by atoms with Crippen molar-refractivity contribution >= 4 is 5.69 Å². The highest BCUT2D eigenvalue weighted by Crippen LogP contribution is 2.19. The lowest BCUT2D eigenvalue weighted by Gasteiger charge is -2.14. The average molecular weight is 264 g/mol. The number of hydrogen-bond donors (Lipinski definition) is 1. The van der Waals surface area contributed by atoms with E-state index in [2.05, 4.69) is 36.2 Å². The summed E-state index contributed by atoms with van der Waals surface area (Å²) in [6.07, 6.45) is 3.55. The number of benzene rings is 1. The minimum absolute atomic E-state index is 0.588. The Morgan fingerprint density at radius 3 is 2.63 bits per heavy atom. The Hall–Kier alpha value is -1.22. The summed E-state index contributed by atoms with van der Waals surface area (Å²) < 4.78 is 5.78. The number of unbranched alkanes of at least 4 members (excludes halogenated alkanes) is 2. The molecule has 0 saturated heterocycles. The smallest absolute Gasteiger partial charge is 0.121 e. The molecule has 1 N–H and O–H groups in total. The topological polar surface area (TPSA) is 24.5 Å². The Bertz CT molecular complexity index is 350. The van der Waals surface area contributed by atoms with Gasteiger partial charge in [0.15, 0.2) is 0 Å². The van der Waals surface area contributed by atoms with Gasteiger partial charge in [-0.25, -0.2) is 0 Å². The molecule has 0 unspecified atom stereocenters. The molecule has 0 aliphatic carbocycles. The monoisotopic (exact) mass is 264 g/mol. The van der Waals surface area contributed by atoms with Crippen molar-refractivity contribution in [1.82, 2.24) is 5.32 Å². The van der Waals surface area contributed by atoms with E-state index in [9.17, 15) is 0 Å². The van der Waals surface area contributed by atoms with E-state index >= 15 is 0 Å². The van der Waals surface area contributed by atoms with Gasteiger partial charge in [-0.05, 0) is 37.9 Å². The molecular formula is C16H28N2O. The van der Waals surface area contributed by atoms with E-state index in [-0.39, 0.29) is 0 Å². The van der Waals surface area contributed by atoms with Crippen LogP contribution in [0, 0.1) is 0 Å². The van der Waals surface area contributed by atoms with Crippen molar-refractivity contribution in [2.75, 3.05) is 32.1 Å². The molecule has 0 aromatic heterocycles. The van der Waals surface area contributed by atoms with Crippen LogP contribution in [0.1, 0.15) is 33.1 Å². The van der Waals surface area contributed by atoms with Crippen LogP contribution in [0.2, 0.25) is 0 Å². The number of anilines is 1. The largest absolute Gasteiger partial charge is 0.494 e. The second-order valence-corrected chi connectivity index (χ2v) is 5.41. The number of ether oxygens (including phenoxy) is 1. The number of nitrogens with one attached hydrogen (secondary N) is 1. The van der Waals surface area contributed by atoms with Gasteiger partial charge in [-0.15, -0.1) is 0 Å². The standard InChI is InChI=1S/C16H28N2O/c1-14(2)17-11-6-5-7-12-19-16-10-8-9-15(13-16)18(3)4/h8-10,13-14,17H,5-7,11-12H2,1-4H3. The van der Waals surface area contributed by atoms with Gasteiger partial charge in [0.05, 0.1) is 6.61 Å². The Kier molecular flexibility index (Phi) is 7.34. The van der Waals surface area contributed by atoms with Gasteiger partial charge in [0.1, 0.15) is 5.75 Å². The van der Waals surface area contributed by atoms with E-state index in [0.29, 0.717) is 6.04 Å². The third-order valence-electron chi connectivity index (χ3n) is 2.98. The van der Waals surface area contributed by atoms with Gasteiger partial charge >= 0.3 is 0 Å². The molecule has 3 nitrogen and oxygen atoms in total. The van der Waals surface area contributed by atoms with E-state index in [1.165, 1.54) is 18.5 Å². The predicted octanol–water partition coefficient (Wildman–Crippen LogP) is 3.30. The molecule has 0 atom stereocenters. The summed E-state index contributed by atoms with van der Waals surface area (Å²) in [6, 6.07) is 8.82. The van der Waals surface area contributed by atoms with Gasteiger partial charge in [0, 0.05) is 31.9 Å². The molecule has 108 valence electrons. The molecule has 0 fully saturated rings. The third kappa shape index (κ3) is 7.06. The molecule has 1 aromatic rings.